The molecule has 1 aromatic carbocycles. The van der Waals surface area contributed by atoms with Gasteiger partial charge in [-0.15, -0.1) is 11.3 Å². The van der Waals surface area contributed by atoms with Crippen molar-refractivity contribution in [1.82, 2.24) is 14.5 Å². The monoisotopic (exact) mass is 383 g/mol. The van der Waals surface area contributed by atoms with E-state index in [1.165, 1.54) is 22.6 Å². The number of nitrogens with zero attached hydrogens (tertiary/aromatic N) is 3. The third kappa shape index (κ3) is 3.77. The van der Waals surface area contributed by atoms with Gasteiger partial charge in [0, 0.05) is 27.9 Å². The fourth-order valence-electron chi connectivity index (χ4n) is 3.97. The predicted molar refractivity (Wildman–Crippen MR) is 108 cm³/mol. The van der Waals surface area contributed by atoms with E-state index in [-0.39, 0.29) is 12.5 Å². The van der Waals surface area contributed by atoms with Crippen molar-refractivity contribution in [1.29, 1.82) is 0 Å². The maximum absolute atomic E-state index is 13.4. The minimum absolute atomic E-state index is 0.0713. The van der Waals surface area contributed by atoms with Crippen LogP contribution >= 0.6 is 11.3 Å². The zero-order valence-electron chi connectivity index (χ0n) is 15.6. The number of benzene rings is 1. The highest BCUT2D eigenvalue weighted by molar-refractivity contribution is 7.11. The Morgan fingerprint density at radius 1 is 1.30 bits per heavy atom. The van der Waals surface area contributed by atoms with E-state index in [0.717, 1.165) is 23.9 Å². The molecule has 5 nitrogen and oxygen atoms in total. The number of aliphatic hydroxyl groups excluding tert-OH is 1. The van der Waals surface area contributed by atoms with Gasteiger partial charge in [0.05, 0.1) is 30.5 Å². The van der Waals surface area contributed by atoms with Crippen LogP contribution in [-0.4, -0.2) is 38.1 Å². The molecular formula is C21H25N3O2S. The van der Waals surface area contributed by atoms with Gasteiger partial charge in [-0.3, -0.25) is 4.79 Å². The van der Waals surface area contributed by atoms with Crippen molar-refractivity contribution in [2.45, 2.75) is 51.7 Å². The number of hydrogen-bond donors (Lipinski definition) is 1. The lowest BCUT2D eigenvalue weighted by molar-refractivity contribution is 0.0667. The fraction of sp³-hybridized carbons (Fsp3) is 0.429. The molecule has 27 heavy (non-hydrogen) atoms. The van der Waals surface area contributed by atoms with Gasteiger partial charge in [0.25, 0.3) is 5.91 Å². The molecule has 0 unspecified atom stereocenters. The Morgan fingerprint density at radius 3 is 2.81 bits per heavy atom. The van der Waals surface area contributed by atoms with Crippen LogP contribution in [0.4, 0.5) is 0 Å². The van der Waals surface area contributed by atoms with Crippen LogP contribution in [0.1, 0.15) is 45.8 Å². The second-order valence-electron chi connectivity index (χ2n) is 7.25. The Hall–Kier alpha value is -2.18. The fourth-order valence-corrected chi connectivity index (χ4v) is 4.86. The van der Waals surface area contributed by atoms with Gasteiger partial charge < -0.3 is 14.6 Å². The zero-order valence-corrected chi connectivity index (χ0v) is 16.4. The van der Waals surface area contributed by atoms with Crippen molar-refractivity contribution >= 4 is 28.3 Å². The molecule has 2 aromatic heterocycles. The lowest BCUT2D eigenvalue weighted by Gasteiger charge is -2.29. The minimum Gasteiger partial charge on any atom is -0.395 e. The van der Waals surface area contributed by atoms with Crippen molar-refractivity contribution in [3.8, 4) is 0 Å². The lowest BCUT2D eigenvalue weighted by atomic mass is 10.1. The second kappa shape index (κ2) is 7.82. The van der Waals surface area contributed by atoms with Crippen molar-refractivity contribution in [2.75, 3.05) is 6.61 Å². The average Bonchev–Trinajstić information content (AvgIpc) is 3.41. The summed E-state index contributed by atoms with van der Waals surface area (Å²) in [4.78, 5) is 22.4. The molecular weight excluding hydrogens is 358 g/mol. The molecule has 1 saturated carbocycles. The molecule has 4 rings (SSSR count). The van der Waals surface area contributed by atoms with Crippen LogP contribution in [0.3, 0.4) is 0 Å². The van der Waals surface area contributed by atoms with Gasteiger partial charge in [0.2, 0.25) is 0 Å². The van der Waals surface area contributed by atoms with E-state index in [4.69, 9.17) is 5.11 Å². The molecule has 142 valence electrons. The summed E-state index contributed by atoms with van der Waals surface area (Å²) in [6, 6.07) is 10.3. The summed E-state index contributed by atoms with van der Waals surface area (Å²) in [7, 11) is 0. The standard InChI is InChI=1S/C21H25N3O2S/c1-15-6-8-18(27-15)13-24(17-4-2-3-5-17)21(26)16-7-9-20-19(12-16)22-14-23(20)10-11-25/h6-9,12,14,17,25H,2-5,10-11,13H2,1H3. The highest BCUT2D eigenvalue weighted by atomic mass is 32.1. The molecule has 1 aliphatic carbocycles. The Labute approximate surface area is 163 Å². The van der Waals surface area contributed by atoms with E-state index < -0.39 is 0 Å². The first kappa shape index (κ1) is 18.2. The van der Waals surface area contributed by atoms with Crippen LogP contribution in [0.2, 0.25) is 0 Å². The number of thiophene rings is 1. The average molecular weight is 384 g/mol. The molecule has 0 spiro atoms. The van der Waals surface area contributed by atoms with E-state index in [1.807, 2.05) is 22.8 Å². The lowest BCUT2D eigenvalue weighted by Crippen LogP contribution is -2.38. The van der Waals surface area contributed by atoms with Crippen molar-refractivity contribution < 1.29 is 9.90 Å². The summed E-state index contributed by atoms with van der Waals surface area (Å²) in [5.74, 6) is 0.0894. The number of aliphatic hydroxyl groups is 1. The smallest absolute Gasteiger partial charge is 0.254 e. The van der Waals surface area contributed by atoms with Crippen molar-refractivity contribution in [3.05, 3.63) is 52.0 Å². The van der Waals surface area contributed by atoms with Gasteiger partial charge in [-0.05, 0) is 50.1 Å². The number of rotatable bonds is 6. The summed E-state index contributed by atoms with van der Waals surface area (Å²) in [5, 5.41) is 9.17. The third-order valence-electron chi connectivity index (χ3n) is 5.36. The van der Waals surface area contributed by atoms with Gasteiger partial charge in [-0.1, -0.05) is 12.8 Å². The first-order chi connectivity index (χ1) is 13.2. The first-order valence-electron chi connectivity index (χ1n) is 9.58. The van der Waals surface area contributed by atoms with E-state index in [9.17, 15) is 4.79 Å². The van der Waals surface area contributed by atoms with Gasteiger partial charge >= 0.3 is 0 Å². The largest absolute Gasteiger partial charge is 0.395 e. The molecule has 3 aromatic rings. The number of hydrogen-bond acceptors (Lipinski definition) is 4. The topological polar surface area (TPSA) is 58.4 Å². The molecule has 0 saturated heterocycles. The Morgan fingerprint density at radius 2 is 2.11 bits per heavy atom. The van der Waals surface area contributed by atoms with Crippen LogP contribution in [0.15, 0.2) is 36.7 Å². The molecule has 0 atom stereocenters. The van der Waals surface area contributed by atoms with Crippen LogP contribution in [0.25, 0.3) is 11.0 Å². The van der Waals surface area contributed by atoms with Gasteiger partial charge in [0.1, 0.15) is 0 Å². The van der Waals surface area contributed by atoms with Crippen LogP contribution in [-0.2, 0) is 13.1 Å². The molecule has 6 heteroatoms. The summed E-state index contributed by atoms with van der Waals surface area (Å²) >= 11 is 1.77. The van der Waals surface area contributed by atoms with E-state index in [1.54, 1.807) is 17.7 Å². The normalized spacial score (nSPS) is 14.9. The summed E-state index contributed by atoms with van der Waals surface area (Å²) < 4.78 is 1.91. The summed E-state index contributed by atoms with van der Waals surface area (Å²) in [6.45, 7) is 3.36. The number of carbonyl (C=O) groups is 1. The number of fused-ring (bicyclic) bond motifs is 1. The Bertz CT molecular complexity index is 940. The highest BCUT2D eigenvalue weighted by Gasteiger charge is 2.28. The van der Waals surface area contributed by atoms with E-state index in [2.05, 4.69) is 28.9 Å². The summed E-state index contributed by atoms with van der Waals surface area (Å²) in [6.07, 6.45) is 6.29. The van der Waals surface area contributed by atoms with E-state index in [0.29, 0.717) is 24.7 Å². The highest BCUT2D eigenvalue weighted by Crippen LogP contribution is 2.29. The third-order valence-corrected chi connectivity index (χ3v) is 6.34. The number of aryl methyl sites for hydroxylation is 1. The van der Waals surface area contributed by atoms with Crippen LogP contribution in [0, 0.1) is 6.92 Å². The molecule has 0 bridgehead atoms. The zero-order chi connectivity index (χ0) is 18.8. The summed E-state index contributed by atoms with van der Waals surface area (Å²) in [5.41, 5.74) is 2.44. The maximum atomic E-state index is 13.4. The van der Waals surface area contributed by atoms with E-state index >= 15 is 0 Å². The molecule has 0 aliphatic heterocycles. The molecule has 2 heterocycles. The predicted octanol–water partition coefficient (Wildman–Crippen LogP) is 3.98. The number of amides is 1. The van der Waals surface area contributed by atoms with Gasteiger partial charge in [0.15, 0.2) is 0 Å². The van der Waals surface area contributed by atoms with Gasteiger partial charge in [-0.25, -0.2) is 4.98 Å². The first-order valence-corrected chi connectivity index (χ1v) is 10.4. The Kier molecular flexibility index (Phi) is 5.27. The maximum Gasteiger partial charge on any atom is 0.254 e. The van der Waals surface area contributed by atoms with Gasteiger partial charge in [-0.2, -0.15) is 0 Å². The Balaban J connectivity index is 1.62. The number of aromatic nitrogens is 2. The molecule has 1 N–H and O–H groups in total. The molecule has 1 aliphatic rings. The molecule has 1 fully saturated rings. The van der Waals surface area contributed by atoms with Crippen LogP contribution in [0.5, 0.6) is 0 Å². The molecule has 1 amide bonds. The second-order valence-corrected chi connectivity index (χ2v) is 8.62. The SMILES string of the molecule is Cc1ccc(CN(C(=O)c2ccc3c(c2)ncn3CCO)C2CCCC2)s1. The van der Waals surface area contributed by atoms with Crippen LogP contribution < -0.4 is 0 Å². The number of imidazole rings is 1. The van der Waals surface area contributed by atoms with Crippen molar-refractivity contribution in [3.63, 3.8) is 0 Å². The molecule has 0 radical (unpaired) electrons. The quantitative estimate of drug-likeness (QED) is 0.700. The van der Waals surface area contributed by atoms with Crippen molar-refractivity contribution in [2.24, 2.45) is 0 Å². The minimum atomic E-state index is 0.0713. The number of carbonyl (C=O) groups excluding carboxylic acids is 1.